The fraction of sp³-hybridized carbons (Fsp3) is 0.188. The van der Waals surface area contributed by atoms with Crippen LogP contribution in [0, 0.1) is 13.8 Å². The summed E-state index contributed by atoms with van der Waals surface area (Å²) >= 11 is 0. The van der Waals surface area contributed by atoms with Crippen LogP contribution in [-0.2, 0) is 16.1 Å². The zero-order valence-electron chi connectivity index (χ0n) is 12.0. The number of anilines is 1. The molecule has 0 saturated carbocycles. The number of pyridine rings is 1. The summed E-state index contributed by atoms with van der Waals surface area (Å²) in [7, 11) is 0. The second-order valence-electron chi connectivity index (χ2n) is 4.79. The summed E-state index contributed by atoms with van der Waals surface area (Å²) in [5, 5.41) is 5.15. The minimum atomic E-state index is -0.674. The monoisotopic (exact) mass is 283 g/mol. The summed E-state index contributed by atoms with van der Waals surface area (Å²) < 4.78 is 0. The Bertz CT molecular complexity index is 654. The molecule has 0 fully saturated rings. The van der Waals surface area contributed by atoms with E-state index >= 15 is 0 Å². The molecule has 0 saturated heterocycles. The Morgan fingerprint density at radius 1 is 1.00 bits per heavy atom. The smallest absolute Gasteiger partial charge is 0.313 e. The topological polar surface area (TPSA) is 71.1 Å². The van der Waals surface area contributed by atoms with Gasteiger partial charge in [-0.15, -0.1) is 0 Å². The van der Waals surface area contributed by atoms with E-state index in [-0.39, 0.29) is 0 Å². The molecule has 5 nitrogen and oxygen atoms in total. The maximum atomic E-state index is 11.8. The summed E-state index contributed by atoms with van der Waals surface area (Å²) in [6.45, 7) is 4.23. The molecule has 0 aliphatic heterocycles. The molecule has 2 N–H and O–H groups in total. The summed E-state index contributed by atoms with van der Waals surface area (Å²) in [5.41, 5.74) is 3.69. The highest BCUT2D eigenvalue weighted by Gasteiger charge is 2.13. The minimum absolute atomic E-state index is 0.293. The molecule has 1 aromatic heterocycles. The zero-order valence-corrected chi connectivity index (χ0v) is 12.0. The fourth-order valence-electron chi connectivity index (χ4n) is 1.77. The summed E-state index contributed by atoms with van der Waals surface area (Å²) in [6.07, 6.45) is 3.27. The second-order valence-corrected chi connectivity index (χ2v) is 4.79. The SMILES string of the molecule is Cc1ccc(NC(=O)C(=O)NCc2ccncc2)cc1C. The number of carbonyl (C=O) groups is 2. The fourth-order valence-corrected chi connectivity index (χ4v) is 1.77. The Labute approximate surface area is 123 Å². The molecule has 21 heavy (non-hydrogen) atoms. The molecule has 0 atom stereocenters. The van der Waals surface area contributed by atoms with Crippen LogP contribution in [0.2, 0.25) is 0 Å². The van der Waals surface area contributed by atoms with Crippen molar-refractivity contribution in [1.29, 1.82) is 0 Å². The first-order valence-corrected chi connectivity index (χ1v) is 6.61. The van der Waals surface area contributed by atoms with Gasteiger partial charge in [-0.2, -0.15) is 0 Å². The van der Waals surface area contributed by atoms with Gasteiger partial charge in [-0.1, -0.05) is 6.07 Å². The predicted molar refractivity (Wildman–Crippen MR) is 80.6 cm³/mol. The Morgan fingerprint density at radius 2 is 1.71 bits per heavy atom. The maximum absolute atomic E-state index is 11.8. The van der Waals surface area contributed by atoms with Gasteiger partial charge in [0.05, 0.1) is 0 Å². The molecule has 2 amide bonds. The van der Waals surface area contributed by atoms with E-state index in [0.29, 0.717) is 12.2 Å². The first-order chi connectivity index (χ1) is 10.1. The molecular formula is C16H17N3O2. The van der Waals surface area contributed by atoms with Crippen LogP contribution in [0.15, 0.2) is 42.7 Å². The molecule has 0 aliphatic rings. The molecule has 0 bridgehead atoms. The highest BCUT2D eigenvalue weighted by molar-refractivity contribution is 6.39. The largest absolute Gasteiger partial charge is 0.344 e. The molecule has 1 aromatic carbocycles. The summed E-state index contributed by atoms with van der Waals surface area (Å²) in [5.74, 6) is -1.34. The van der Waals surface area contributed by atoms with Crippen LogP contribution in [0.1, 0.15) is 16.7 Å². The lowest BCUT2D eigenvalue weighted by Gasteiger charge is -2.08. The molecule has 0 spiro atoms. The van der Waals surface area contributed by atoms with E-state index in [1.54, 1.807) is 30.6 Å². The van der Waals surface area contributed by atoms with Gasteiger partial charge < -0.3 is 10.6 Å². The van der Waals surface area contributed by atoms with Crippen LogP contribution in [0.3, 0.4) is 0 Å². The van der Waals surface area contributed by atoms with Crippen molar-refractivity contribution in [2.45, 2.75) is 20.4 Å². The molecule has 2 aromatic rings. The van der Waals surface area contributed by atoms with Crippen molar-refractivity contribution in [3.8, 4) is 0 Å². The summed E-state index contributed by atoms with van der Waals surface area (Å²) in [6, 6.07) is 9.07. The van der Waals surface area contributed by atoms with Crippen molar-refractivity contribution in [3.63, 3.8) is 0 Å². The number of nitrogens with one attached hydrogen (secondary N) is 2. The van der Waals surface area contributed by atoms with Gasteiger partial charge in [0.2, 0.25) is 0 Å². The van der Waals surface area contributed by atoms with Crippen molar-refractivity contribution in [1.82, 2.24) is 10.3 Å². The number of carbonyl (C=O) groups excluding carboxylic acids is 2. The molecule has 108 valence electrons. The van der Waals surface area contributed by atoms with Crippen molar-refractivity contribution in [3.05, 3.63) is 59.4 Å². The molecule has 0 radical (unpaired) electrons. The van der Waals surface area contributed by atoms with Gasteiger partial charge in [0.15, 0.2) is 0 Å². The van der Waals surface area contributed by atoms with Crippen LogP contribution in [0.4, 0.5) is 5.69 Å². The van der Waals surface area contributed by atoms with Gasteiger partial charge >= 0.3 is 11.8 Å². The number of hydrogen-bond acceptors (Lipinski definition) is 3. The van der Waals surface area contributed by atoms with Gasteiger partial charge in [0.1, 0.15) is 0 Å². The van der Waals surface area contributed by atoms with E-state index in [4.69, 9.17) is 0 Å². The molecule has 2 rings (SSSR count). The number of amides is 2. The normalized spacial score (nSPS) is 10.0. The first-order valence-electron chi connectivity index (χ1n) is 6.61. The minimum Gasteiger partial charge on any atom is -0.344 e. The van der Waals surface area contributed by atoms with Crippen molar-refractivity contribution < 1.29 is 9.59 Å². The van der Waals surface area contributed by atoms with E-state index < -0.39 is 11.8 Å². The lowest BCUT2D eigenvalue weighted by molar-refractivity contribution is -0.136. The Morgan fingerprint density at radius 3 is 2.38 bits per heavy atom. The van der Waals surface area contributed by atoms with Crippen LogP contribution in [-0.4, -0.2) is 16.8 Å². The average Bonchev–Trinajstić information content (AvgIpc) is 2.49. The van der Waals surface area contributed by atoms with Crippen LogP contribution >= 0.6 is 0 Å². The maximum Gasteiger partial charge on any atom is 0.313 e. The lowest BCUT2D eigenvalue weighted by Crippen LogP contribution is -2.34. The highest BCUT2D eigenvalue weighted by atomic mass is 16.2. The zero-order chi connectivity index (χ0) is 15.2. The highest BCUT2D eigenvalue weighted by Crippen LogP contribution is 2.13. The third-order valence-electron chi connectivity index (χ3n) is 3.17. The number of aryl methyl sites for hydroxylation is 2. The Kier molecular flexibility index (Phi) is 4.66. The average molecular weight is 283 g/mol. The Balaban J connectivity index is 1.90. The van der Waals surface area contributed by atoms with E-state index in [2.05, 4.69) is 15.6 Å². The van der Waals surface area contributed by atoms with Crippen LogP contribution in [0.25, 0.3) is 0 Å². The number of aromatic nitrogens is 1. The van der Waals surface area contributed by atoms with E-state index in [1.165, 1.54) is 0 Å². The number of nitrogens with zero attached hydrogens (tertiary/aromatic N) is 1. The van der Waals surface area contributed by atoms with Crippen LogP contribution in [0.5, 0.6) is 0 Å². The standard InChI is InChI=1S/C16H17N3O2/c1-11-3-4-14(9-12(11)2)19-16(21)15(20)18-10-13-5-7-17-8-6-13/h3-9H,10H2,1-2H3,(H,18,20)(H,19,21). The first kappa shape index (κ1) is 14.7. The second kappa shape index (κ2) is 6.65. The molecule has 0 aliphatic carbocycles. The molecule has 1 heterocycles. The molecule has 5 heteroatoms. The molecule has 0 unspecified atom stereocenters. The third-order valence-corrected chi connectivity index (χ3v) is 3.17. The van der Waals surface area contributed by atoms with E-state index in [9.17, 15) is 9.59 Å². The third kappa shape index (κ3) is 4.14. The number of benzene rings is 1. The van der Waals surface area contributed by atoms with Crippen molar-refractivity contribution >= 4 is 17.5 Å². The van der Waals surface area contributed by atoms with Gasteiger partial charge in [-0.05, 0) is 54.8 Å². The predicted octanol–water partition coefficient (Wildman–Crippen LogP) is 1.95. The van der Waals surface area contributed by atoms with Gasteiger partial charge in [-0.25, -0.2) is 0 Å². The van der Waals surface area contributed by atoms with E-state index in [1.807, 2.05) is 26.0 Å². The molecular weight excluding hydrogens is 266 g/mol. The number of hydrogen-bond donors (Lipinski definition) is 2. The van der Waals surface area contributed by atoms with E-state index in [0.717, 1.165) is 16.7 Å². The lowest BCUT2D eigenvalue weighted by atomic mass is 10.1. The Hall–Kier alpha value is -2.69. The van der Waals surface area contributed by atoms with Gasteiger partial charge in [-0.3, -0.25) is 14.6 Å². The van der Waals surface area contributed by atoms with Crippen molar-refractivity contribution in [2.24, 2.45) is 0 Å². The summed E-state index contributed by atoms with van der Waals surface area (Å²) in [4.78, 5) is 27.4. The van der Waals surface area contributed by atoms with Gasteiger partial charge in [0, 0.05) is 24.6 Å². The number of rotatable bonds is 3. The van der Waals surface area contributed by atoms with Crippen LogP contribution < -0.4 is 10.6 Å². The van der Waals surface area contributed by atoms with Gasteiger partial charge in [0.25, 0.3) is 0 Å². The van der Waals surface area contributed by atoms with Crippen molar-refractivity contribution in [2.75, 3.05) is 5.32 Å². The quantitative estimate of drug-likeness (QED) is 0.846.